The van der Waals surface area contributed by atoms with E-state index in [2.05, 4.69) is 15.2 Å². The van der Waals surface area contributed by atoms with E-state index in [0.717, 1.165) is 5.69 Å². The molecule has 3 rings (SSSR count). The molecule has 2 aromatic carbocycles. The van der Waals surface area contributed by atoms with Crippen molar-refractivity contribution >= 4 is 23.2 Å². The molecule has 1 heterocycles. The molecule has 0 saturated heterocycles. The highest BCUT2D eigenvalue weighted by molar-refractivity contribution is 6.30. The van der Waals surface area contributed by atoms with Gasteiger partial charge >= 0.3 is 6.61 Å². The molecule has 0 spiro atoms. The van der Waals surface area contributed by atoms with Crippen LogP contribution in [0.1, 0.15) is 35.8 Å². The maximum absolute atomic E-state index is 12.9. The van der Waals surface area contributed by atoms with Crippen LogP contribution in [0.25, 0.3) is 5.69 Å². The summed E-state index contributed by atoms with van der Waals surface area (Å²) in [5, 5.41) is 7.65. The number of hydrogen-bond acceptors (Lipinski definition) is 4. The Morgan fingerprint density at radius 2 is 1.83 bits per heavy atom. The molecule has 0 aliphatic rings. The molecule has 0 bridgehead atoms. The number of aromatic nitrogens is 2. The minimum Gasteiger partial charge on any atom is -0.493 e. The minimum absolute atomic E-state index is 0.0162. The third-order valence-electron chi connectivity index (χ3n) is 4.31. The van der Waals surface area contributed by atoms with Gasteiger partial charge in [-0.05, 0) is 42.3 Å². The van der Waals surface area contributed by atoms with Crippen molar-refractivity contribution in [2.24, 2.45) is 0 Å². The van der Waals surface area contributed by atoms with Gasteiger partial charge < -0.3 is 14.8 Å². The van der Waals surface area contributed by atoms with Gasteiger partial charge in [-0.25, -0.2) is 4.68 Å². The van der Waals surface area contributed by atoms with Gasteiger partial charge in [-0.2, -0.15) is 13.9 Å². The number of alkyl halides is 2. The summed E-state index contributed by atoms with van der Waals surface area (Å²) in [6, 6.07) is 11.3. The monoisotopic (exact) mass is 435 g/mol. The van der Waals surface area contributed by atoms with Crippen LogP contribution >= 0.6 is 11.6 Å². The first-order chi connectivity index (χ1) is 14.3. The minimum atomic E-state index is -3.02. The Kier molecular flexibility index (Phi) is 6.56. The Bertz CT molecular complexity index is 1040. The number of carbonyl (C=O) groups excluding carboxylic acids is 1. The second kappa shape index (κ2) is 9.13. The van der Waals surface area contributed by atoms with Crippen LogP contribution < -0.4 is 14.8 Å². The van der Waals surface area contributed by atoms with Crippen LogP contribution in [-0.4, -0.2) is 29.4 Å². The Morgan fingerprint density at radius 1 is 1.13 bits per heavy atom. The van der Waals surface area contributed by atoms with Gasteiger partial charge in [0.2, 0.25) is 0 Å². The van der Waals surface area contributed by atoms with E-state index in [4.69, 9.17) is 16.3 Å². The third-order valence-corrected chi connectivity index (χ3v) is 4.56. The standard InChI is InChI=1S/C21H20ClF2N3O3/c1-12(2)19-16(11-25-27(19)15-7-4-13(22)5-8-15)20(28)26-14-6-9-17(29-3)18(10-14)30-21(23)24/h4-12,21H,1-3H3,(H,26,28). The van der Waals surface area contributed by atoms with Gasteiger partial charge in [0.1, 0.15) is 0 Å². The van der Waals surface area contributed by atoms with E-state index < -0.39 is 12.5 Å². The fourth-order valence-corrected chi connectivity index (χ4v) is 3.14. The number of hydrogen-bond donors (Lipinski definition) is 1. The summed E-state index contributed by atoms with van der Waals surface area (Å²) in [5.74, 6) is -0.484. The number of ether oxygens (including phenoxy) is 2. The van der Waals surface area contributed by atoms with Gasteiger partial charge in [0.25, 0.3) is 5.91 Å². The molecular formula is C21H20ClF2N3O3. The molecule has 6 nitrogen and oxygen atoms in total. The van der Waals surface area contributed by atoms with Crippen molar-refractivity contribution in [2.75, 3.05) is 12.4 Å². The Balaban J connectivity index is 1.91. The van der Waals surface area contributed by atoms with Crippen LogP contribution in [0, 0.1) is 0 Å². The summed E-state index contributed by atoms with van der Waals surface area (Å²) in [6.07, 6.45) is 1.47. The fourth-order valence-electron chi connectivity index (χ4n) is 3.02. The molecule has 0 aliphatic carbocycles. The Labute approximate surface area is 177 Å². The SMILES string of the molecule is COc1ccc(NC(=O)c2cnn(-c3ccc(Cl)cc3)c2C(C)C)cc1OC(F)F. The number of amides is 1. The van der Waals surface area contributed by atoms with Gasteiger partial charge in [-0.15, -0.1) is 0 Å². The summed E-state index contributed by atoms with van der Waals surface area (Å²) in [6.45, 7) is 0.875. The number of halogens is 3. The van der Waals surface area contributed by atoms with Crippen molar-refractivity contribution in [1.29, 1.82) is 0 Å². The number of anilines is 1. The quantitative estimate of drug-likeness (QED) is 0.531. The van der Waals surface area contributed by atoms with Gasteiger partial charge in [0.05, 0.1) is 30.3 Å². The second-order valence-corrected chi connectivity index (χ2v) is 7.12. The highest BCUT2D eigenvalue weighted by Crippen LogP contribution is 2.32. The highest BCUT2D eigenvalue weighted by Gasteiger charge is 2.21. The molecular weight excluding hydrogens is 416 g/mol. The molecule has 0 saturated carbocycles. The topological polar surface area (TPSA) is 65.4 Å². The second-order valence-electron chi connectivity index (χ2n) is 6.68. The van der Waals surface area contributed by atoms with Crippen LogP contribution in [0.2, 0.25) is 5.02 Å². The van der Waals surface area contributed by atoms with Crippen LogP contribution in [0.4, 0.5) is 14.5 Å². The van der Waals surface area contributed by atoms with Gasteiger partial charge in [0.15, 0.2) is 11.5 Å². The summed E-state index contributed by atoms with van der Waals surface area (Å²) < 4.78 is 36.4. The van der Waals surface area contributed by atoms with Crippen molar-refractivity contribution < 1.29 is 23.0 Å². The average Bonchev–Trinajstić information content (AvgIpc) is 3.14. The first-order valence-corrected chi connectivity index (χ1v) is 9.46. The van der Waals surface area contributed by atoms with Crippen molar-refractivity contribution in [3.8, 4) is 17.2 Å². The predicted molar refractivity (Wildman–Crippen MR) is 110 cm³/mol. The lowest BCUT2D eigenvalue weighted by atomic mass is 10.0. The first-order valence-electron chi connectivity index (χ1n) is 9.08. The molecule has 9 heteroatoms. The fraction of sp³-hybridized carbons (Fsp3) is 0.238. The molecule has 30 heavy (non-hydrogen) atoms. The van der Waals surface area contributed by atoms with E-state index >= 15 is 0 Å². The maximum atomic E-state index is 12.9. The number of carbonyl (C=O) groups is 1. The molecule has 1 amide bonds. The maximum Gasteiger partial charge on any atom is 0.387 e. The zero-order chi connectivity index (χ0) is 21.8. The zero-order valence-electron chi connectivity index (χ0n) is 16.5. The smallest absolute Gasteiger partial charge is 0.387 e. The molecule has 0 radical (unpaired) electrons. The van der Waals surface area contributed by atoms with E-state index in [1.165, 1.54) is 31.5 Å². The number of nitrogens with one attached hydrogen (secondary N) is 1. The summed E-state index contributed by atoms with van der Waals surface area (Å²) in [5.41, 5.74) is 2.11. The molecule has 0 fully saturated rings. The molecule has 0 aliphatic heterocycles. The molecule has 1 aromatic heterocycles. The molecule has 3 aromatic rings. The summed E-state index contributed by atoms with van der Waals surface area (Å²) in [4.78, 5) is 12.9. The van der Waals surface area contributed by atoms with E-state index in [-0.39, 0.29) is 23.1 Å². The lowest BCUT2D eigenvalue weighted by Gasteiger charge is -2.14. The van der Waals surface area contributed by atoms with Crippen LogP contribution in [0.5, 0.6) is 11.5 Å². The Hall–Kier alpha value is -3.13. The predicted octanol–water partition coefficient (Wildman–Crippen LogP) is 5.51. The average molecular weight is 436 g/mol. The van der Waals surface area contributed by atoms with Gasteiger partial charge in [-0.1, -0.05) is 25.4 Å². The molecule has 0 atom stereocenters. The van der Waals surface area contributed by atoms with Crippen LogP contribution in [0.3, 0.4) is 0 Å². The first kappa shape index (κ1) is 21.6. The normalized spacial score (nSPS) is 11.1. The van der Waals surface area contributed by atoms with E-state index in [1.807, 2.05) is 13.8 Å². The number of rotatable bonds is 7. The van der Waals surface area contributed by atoms with Crippen LogP contribution in [-0.2, 0) is 0 Å². The summed E-state index contributed by atoms with van der Waals surface area (Å²) >= 11 is 5.95. The van der Waals surface area contributed by atoms with E-state index in [1.54, 1.807) is 28.9 Å². The number of benzene rings is 2. The molecule has 0 unspecified atom stereocenters. The number of methoxy groups -OCH3 is 1. The van der Waals surface area contributed by atoms with Gasteiger partial charge in [0, 0.05) is 16.8 Å². The lowest BCUT2D eigenvalue weighted by molar-refractivity contribution is -0.0511. The van der Waals surface area contributed by atoms with Crippen molar-refractivity contribution in [3.63, 3.8) is 0 Å². The van der Waals surface area contributed by atoms with Crippen LogP contribution in [0.15, 0.2) is 48.7 Å². The number of nitrogens with zero attached hydrogens (tertiary/aromatic N) is 2. The molecule has 1 N–H and O–H groups in total. The van der Waals surface area contributed by atoms with E-state index in [9.17, 15) is 13.6 Å². The molecule has 158 valence electrons. The lowest BCUT2D eigenvalue weighted by Crippen LogP contribution is -2.15. The zero-order valence-corrected chi connectivity index (χ0v) is 17.3. The van der Waals surface area contributed by atoms with Crippen molar-refractivity contribution in [3.05, 3.63) is 64.9 Å². The largest absolute Gasteiger partial charge is 0.493 e. The Morgan fingerprint density at radius 3 is 2.43 bits per heavy atom. The van der Waals surface area contributed by atoms with Crippen molar-refractivity contribution in [2.45, 2.75) is 26.4 Å². The third kappa shape index (κ3) is 4.71. The van der Waals surface area contributed by atoms with Gasteiger partial charge in [-0.3, -0.25) is 4.79 Å². The highest BCUT2D eigenvalue weighted by atomic mass is 35.5. The van der Waals surface area contributed by atoms with Crippen molar-refractivity contribution in [1.82, 2.24) is 9.78 Å². The summed E-state index contributed by atoms with van der Waals surface area (Å²) in [7, 11) is 1.34. The van der Waals surface area contributed by atoms with E-state index in [0.29, 0.717) is 16.3 Å².